The Morgan fingerprint density at radius 1 is 0.574 bits per heavy atom. The van der Waals surface area contributed by atoms with Crippen molar-refractivity contribution in [3.05, 3.63) is 173 Å². The van der Waals surface area contributed by atoms with Gasteiger partial charge in [-0.3, -0.25) is 44.2 Å². The van der Waals surface area contributed by atoms with Gasteiger partial charge in [0.2, 0.25) is 23.6 Å². The number of benzene rings is 4. The van der Waals surface area contributed by atoms with Crippen LogP contribution in [0.3, 0.4) is 0 Å². The standard InChI is InChI=1S/C20H23N3OS.C14H17N3O3.C14H19N3O.C8H6N2O3.C6H11NO.C5H5NS2.2C2H6O.CH3.HI.Pd/c1-23-8-6-14(7-9-23)19-15-11-13(4-5-17(15)22-20(19)24)12-16(21)18-3-2-10-25-18;1-16-6-4-9(5-7-16)13-11-8-10(17(19)20)2-3-12(11)15-14(13)18;1-17-6-4-9(5-7-17)13-11-8-10(15)2-3-12(11)16-14(13)18;11-8-4-5-3-6(10(12)13)1-2-7(5)9-8;1-7-4-2-6(8)3-5-7;6-5(7)4-2-1-3-8-4;2*1-2-3;;;/h2-5,10-11,14,19,21H,6-9,12H2,1H3,(H,22,24);2-3,8-9,13H,4-7H2,1H3,(H,15,18);2-3,8-9,13H,4-7,15H2,1H3,(H,16,18);1-3H,4H2,(H,9,11);2-5H2,1H3;1-3H,(H2,6,7);2*3H,2H2,1H3;1H3;1H;/q;;;;;;;;-1;;. The number of piperidine rings is 4. The zero-order chi connectivity index (χ0) is 71.2. The number of nitro benzene ring substituents is 2. The Balaban J connectivity index is 0.000000261. The quantitative estimate of drug-likeness (QED) is 0.00949. The monoisotopic (exact) mass is 1650 g/mol. The molecule has 3 unspecified atom stereocenters. The molecule has 552 valence electrons. The Kier molecular flexibility index (Phi) is 36.6. The second-order valence-electron chi connectivity index (χ2n) is 25.4. The number of nitrogens with two attached hydrogens (primary N) is 2. The summed E-state index contributed by atoms with van der Waals surface area (Å²) in [7, 11) is 8.40. The second-order valence-corrected chi connectivity index (χ2v) is 27.7. The summed E-state index contributed by atoms with van der Waals surface area (Å²) in [5, 5.41) is 60.2. The van der Waals surface area contributed by atoms with Crippen molar-refractivity contribution in [1.82, 2.24) is 19.6 Å². The number of rotatable bonds is 9. The molecule has 29 heteroatoms. The summed E-state index contributed by atoms with van der Waals surface area (Å²) in [6.07, 6.45) is 8.59. The first kappa shape index (κ1) is 86.5. The Morgan fingerprint density at radius 3 is 1.35 bits per heavy atom. The summed E-state index contributed by atoms with van der Waals surface area (Å²) in [5.74, 6) is 1.45. The molecule has 0 radical (unpaired) electrons. The normalized spacial score (nSPS) is 19.0. The molecule has 8 aliphatic rings. The molecule has 0 aliphatic carbocycles. The van der Waals surface area contributed by atoms with Crippen LogP contribution in [0.4, 0.5) is 39.8 Å². The molecule has 6 aromatic rings. The molecule has 4 amide bonds. The van der Waals surface area contributed by atoms with Gasteiger partial charge in [-0.2, -0.15) is 0 Å². The van der Waals surface area contributed by atoms with Crippen LogP contribution in [-0.2, 0) is 57.2 Å². The van der Waals surface area contributed by atoms with E-state index >= 15 is 0 Å². The first-order valence-corrected chi connectivity index (χ1v) is 35.3. The molecular weight excluding hydrogens is 1550 g/mol. The van der Waals surface area contributed by atoms with Crippen LogP contribution >= 0.6 is 58.9 Å². The molecule has 2 aromatic heterocycles. The van der Waals surface area contributed by atoms with Crippen LogP contribution in [-0.4, -0.2) is 174 Å². The van der Waals surface area contributed by atoms with Gasteiger partial charge in [0.05, 0.1) is 44.6 Å². The molecule has 14 rings (SSSR count). The SMILES string of the molecule is CCO.CCO.CN1CCC(=O)CC1.CN1CCC(C2C(=O)Nc3ccc(CC(=N)c4cccs4)cc32)CC1.CN1CCC(C2C(=O)Nc3ccc(N)cc32)CC1.CN1CCC(C2C(=O)Nc3ccc([N+](=O)[O-])cc32)CC1.I.NC(=S)c1cccs1.O=C1Cc2cc([N+](=O)[O-])ccc2N1.[CH3-].[Pd]. The van der Waals surface area contributed by atoms with E-state index in [1.165, 1.54) is 18.2 Å². The van der Waals surface area contributed by atoms with Gasteiger partial charge in [0.1, 0.15) is 10.8 Å². The number of fused-ring (bicyclic) bond motifs is 4. The number of nitrogen functional groups attached to an aromatic ring is 1. The fourth-order valence-corrected chi connectivity index (χ4v) is 14.4. The molecule has 10 heterocycles. The number of likely N-dealkylation sites (tertiary alicyclic amines) is 4. The molecule has 0 bridgehead atoms. The fourth-order valence-electron chi connectivity index (χ4n) is 13.0. The molecule has 4 aromatic carbocycles. The van der Waals surface area contributed by atoms with Gasteiger partial charge in [-0.15, -0.1) is 46.7 Å². The van der Waals surface area contributed by atoms with Crippen LogP contribution in [0.5, 0.6) is 0 Å². The number of amides is 4. The van der Waals surface area contributed by atoms with Crippen molar-refractivity contribution in [2.24, 2.45) is 23.5 Å². The molecular formula is C72H97IN13O11PdS3-. The summed E-state index contributed by atoms with van der Waals surface area (Å²) >= 11 is 7.87. The predicted octanol–water partition coefficient (Wildman–Crippen LogP) is 11.2. The number of nitro groups is 2. The number of halogens is 1. The van der Waals surface area contributed by atoms with Crippen LogP contribution in [0.15, 0.2) is 108 Å². The Morgan fingerprint density at radius 2 is 0.950 bits per heavy atom. The van der Waals surface area contributed by atoms with Crippen molar-refractivity contribution in [3.8, 4) is 0 Å². The molecule has 3 atom stereocenters. The number of non-ortho nitro benzene ring substituents is 2. The summed E-state index contributed by atoms with van der Waals surface area (Å²) < 4.78 is 0. The molecule has 0 spiro atoms. The van der Waals surface area contributed by atoms with Gasteiger partial charge in [0.15, 0.2) is 0 Å². The third kappa shape index (κ3) is 25.2. The topological polar surface area (TPSA) is 349 Å². The molecule has 8 aliphatic heterocycles. The van der Waals surface area contributed by atoms with E-state index in [4.69, 9.17) is 39.3 Å². The van der Waals surface area contributed by atoms with Crippen molar-refractivity contribution < 1.29 is 64.5 Å². The van der Waals surface area contributed by atoms with Gasteiger partial charge in [-0.25, -0.2) is 0 Å². The van der Waals surface area contributed by atoms with Gasteiger partial charge in [-0.1, -0.05) is 36.5 Å². The number of anilines is 5. The molecule has 24 nitrogen and oxygen atoms in total. The van der Waals surface area contributed by atoms with Crippen LogP contribution in [0, 0.1) is 50.8 Å². The zero-order valence-electron chi connectivity index (χ0n) is 58.4. The maximum Gasteiger partial charge on any atom is 0.269 e. The smallest absolute Gasteiger partial charge is 0.269 e. The molecule has 101 heavy (non-hydrogen) atoms. The summed E-state index contributed by atoms with van der Waals surface area (Å²) in [5.41, 5.74) is 20.7. The summed E-state index contributed by atoms with van der Waals surface area (Å²) in [4.78, 5) is 90.4. The minimum Gasteiger partial charge on any atom is -0.399 e. The summed E-state index contributed by atoms with van der Waals surface area (Å²) in [6, 6.07) is 28.7. The largest absolute Gasteiger partial charge is 0.399 e. The number of hydrogen-bond acceptors (Lipinski definition) is 20. The maximum atomic E-state index is 12.6. The van der Waals surface area contributed by atoms with Gasteiger partial charge in [-0.05, 0) is 225 Å². The zero-order valence-corrected chi connectivity index (χ0v) is 64.7. The van der Waals surface area contributed by atoms with Crippen molar-refractivity contribution in [3.63, 3.8) is 0 Å². The van der Waals surface area contributed by atoms with Crippen molar-refractivity contribution in [2.75, 3.05) is 121 Å². The number of carbonyl (C=O) groups excluding carboxylic acids is 5. The molecule has 11 N–H and O–H groups in total. The van der Waals surface area contributed by atoms with E-state index < -0.39 is 9.85 Å². The number of thiophene rings is 2. The minimum atomic E-state index is -0.469. The average molecular weight is 1650 g/mol. The maximum absolute atomic E-state index is 12.6. The third-order valence-corrected chi connectivity index (χ3v) is 20.4. The van der Waals surface area contributed by atoms with E-state index in [0.717, 1.165) is 158 Å². The average Bonchev–Trinajstić information content (AvgIpc) is 1.66. The van der Waals surface area contributed by atoms with Gasteiger partial charge in [0.25, 0.3) is 11.4 Å². The number of carbonyl (C=O) groups is 5. The number of ketones is 1. The first-order chi connectivity index (χ1) is 46.9. The predicted molar refractivity (Wildman–Crippen MR) is 415 cm³/mol. The number of hydrogen-bond donors (Lipinski definition) is 9. The number of nitrogens with zero attached hydrogens (tertiary/aromatic N) is 6. The third-order valence-electron chi connectivity index (χ3n) is 18.2. The molecule has 4 fully saturated rings. The number of Topliss-reactive ketones (excluding diaryl/α,β-unsaturated/α-hetero) is 1. The summed E-state index contributed by atoms with van der Waals surface area (Å²) in [6.45, 7) is 12.0. The van der Waals surface area contributed by atoms with E-state index in [0.29, 0.717) is 46.0 Å². The van der Waals surface area contributed by atoms with Crippen molar-refractivity contribution in [1.29, 1.82) is 5.41 Å². The van der Waals surface area contributed by atoms with E-state index in [1.54, 1.807) is 54.7 Å². The number of thiocarbonyl (C=S) groups is 1. The van der Waals surface area contributed by atoms with Crippen molar-refractivity contribution in [2.45, 2.75) is 95.8 Å². The van der Waals surface area contributed by atoms with Gasteiger partial charge >= 0.3 is 0 Å². The number of nitrogens with one attached hydrogen (secondary N) is 5. The van der Waals surface area contributed by atoms with E-state index in [9.17, 15) is 44.2 Å². The van der Waals surface area contributed by atoms with Crippen LogP contribution in [0.25, 0.3) is 0 Å². The number of aliphatic hydroxyl groups is 2. The van der Waals surface area contributed by atoms with Gasteiger partial charge in [0, 0.05) is 124 Å². The van der Waals surface area contributed by atoms with Crippen LogP contribution < -0.4 is 32.7 Å². The van der Waals surface area contributed by atoms with Crippen molar-refractivity contribution >= 4 is 139 Å². The first-order valence-electron chi connectivity index (χ1n) is 33.1. The minimum absolute atomic E-state index is 0. The Hall–Kier alpha value is -6.86. The molecule has 0 saturated carbocycles. The van der Waals surface area contributed by atoms with Crippen LogP contribution in [0.1, 0.15) is 121 Å². The number of aliphatic hydroxyl groups excluding tert-OH is 2. The Bertz CT molecular complexity index is 3720. The van der Waals surface area contributed by atoms with Gasteiger partial charge < -0.3 is 75.4 Å². The van der Waals surface area contributed by atoms with E-state index in [2.05, 4.69) is 68.1 Å². The molecule has 4 saturated heterocycles. The van der Waals surface area contributed by atoms with E-state index in [1.807, 2.05) is 72.4 Å². The second kappa shape index (κ2) is 42.7. The van der Waals surface area contributed by atoms with Crippen LogP contribution in [0.2, 0.25) is 0 Å². The van der Waals surface area contributed by atoms with E-state index in [-0.39, 0.29) is 130 Å². The fraction of sp³-hybridized carbons (Fsp3) is 0.444. The Labute approximate surface area is 636 Å².